The highest BCUT2D eigenvalue weighted by atomic mass is 19.1. The summed E-state index contributed by atoms with van der Waals surface area (Å²) < 4.78 is 20.2. The molecule has 1 saturated heterocycles. The van der Waals surface area contributed by atoms with Crippen LogP contribution in [0.1, 0.15) is 46.9 Å². The minimum atomic E-state index is -1.64. The van der Waals surface area contributed by atoms with E-state index in [9.17, 15) is 14.0 Å². The van der Waals surface area contributed by atoms with Gasteiger partial charge in [0, 0.05) is 18.5 Å². The lowest BCUT2D eigenvalue weighted by Crippen LogP contribution is -2.30. The molecule has 0 unspecified atom stereocenters. The van der Waals surface area contributed by atoms with Gasteiger partial charge in [0.15, 0.2) is 5.67 Å². The first kappa shape index (κ1) is 24.1. The molecule has 0 aliphatic carbocycles. The van der Waals surface area contributed by atoms with E-state index in [0.29, 0.717) is 64.6 Å². The molecule has 0 spiro atoms. The Morgan fingerprint density at radius 1 is 1.08 bits per heavy atom. The van der Waals surface area contributed by atoms with Crippen LogP contribution in [0.5, 0.6) is 0 Å². The van der Waals surface area contributed by atoms with Crippen LogP contribution in [0.4, 0.5) is 10.2 Å². The molecule has 0 saturated carbocycles. The summed E-state index contributed by atoms with van der Waals surface area (Å²) in [6.45, 7) is 2.54. The van der Waals surface area contributed by atoms with E-state index >= 15 is 0 Å². The van der Waals surface area contributed by atoms with Crippen molar-refractivity contribution in [3.63, 3.8) is 0 Å². The average molecular weight is 513 g/mol. The van der Waals surface area contributed by atoms with Gasteiger partial charge in [-0.1, -0.05) is 12.1 Å². The smallest absolute Gasteiger partial charge is 0.251 e. The molecule has 1 fully saturated rings. The Kier molecular flexibility index (Phi) is 6.03. The SMILES string of the molecule is C[C@@]1(F)COCc2ccc(C(=O)NCc3cc4nc(-c5cccc(N6CCCC6=O)n5)ccc4nn3)cc21. The summed E-state index contributed by atoms with van der Waals surface area (Å²) in [6, 6.07) is 15.9. The van der Waals surface area contributed by atoms with E-state index in [0.717, 1.165) is 12.0 Å². The standard InChI is InChI=1S/C28H25FN6O3/c1-28(29)16-38-15-18-8-7-17(12-20(18)28)27(37)30-14-19-13-24-23(34-33-19)10-9-22(31-24)21-4-2-5-25(32-21)35-11-3-6-26(35)36/h2,4-5,7-10,12-13H,3,6,11,14-16H2,1H3,(H,30,37)/t28-/m1/s1. The van der Waals surface area contributed by atoms with Crippen molar-refractivity contribution in [2.75, 3.05) is 18.1 Å². The molecule has 3 aromatic heterocycles. The Bertz CT molecular complexity index is 1570. The number of hydrogen-bond acceptors (Lipinski definition) is 7. The van der Waals surface area contributed by atoms with Gasteiger partial charge < -0.3 is 10.1 Å². The number of anilines is 1. The van der Waals surface area contributed by atoms with Crippen LogP contribution < -0.4 is 10.2 Å². The molecule has 6 rings (SSSR count). The first-order valence-electron chi connectivity index (χ1n) is 12.5. The highest BCUT2D eigenvalue weighted by Gasteiger charge is 2.33. The van der Waals surface area contributed by atoms with Crippen LogP contribution in [-0.2, 0) is 28.4 Å². The van der Waals surface area contributed by atoms with Crippen LogP contribution in [0.3, 0.4) is 0 Å². The van der Waals surface area contributed by atoms with Gasteiger partial charge in [0.1, 0.15) is 11.3 Å². The highest BCUT2D eigenvalue weighted by molar-refractivity contribution is 5.95. The number of nitrogens with one attached hydrogen (secondary N) is 1. The van der Waals surface area contributed by atoms with Crippen LogP contribution >= 0.6 is 0 Å². The maximum absolute atomic E-state index is 14.9. The minimum Gasteiger partial charge on any atom is -0.373 e. The molecule has 192 valence electrons. The second-order valence-electron chi connectivity index (χ2n) is 9.71. The molecule has 10 heteroatoms. The van der Waals surface area contributed by atoms with Crippen LogP contribution in [-0.4, -0.2) is 45.1 Å². The normalized spacial score (nSPS) is 19.0. The van der Waals surface area contributed by atoms with Crippen molar-refractivity contribution >= 4 is 28.7 Å². The first-order chi connectivity index (χ1) is 18.4. The van der Waals surface area contributed by atoms with Crippen molar-refractivity contribution in [3.8, 4) is 11.4 Å². The summed E-state index contributed by atoms with van der Waals surface area (Å²) in [6.07, 6.45) is 1.36. The number of fused-ring (bicyclic) bond motifs is 2. The van der Waals surface area contributed by atoms with Crippen molar-refractivity contribution in [2.45, 2.75) is 38.6 Å². The van der Waals surface area contributed by atoms with Crippen LogP contribution in [0.15, 0.2) is 54.6 Å². The van der Waals surface area contributed by atoms with E-state index in [1.165, 1.54) is 6.92 Å². The minimum absolute atomic E-state index is 0.0388. The molecule has 1 N–H and O–H groups in total. The Morgan fingerprint density at radius 3 is 2.79 bits per heavy atom. The molecule has 2 aliphatic rings. The predicted molar refractivity (Wildman–Crippen MR) is 138 cm³/mol. The first-order valence-corrected chi connectivity index (χ1v) is 12.5. The molecular formula is C28H25FN6O3. The van der Waals surface area contributed by atoms with Crippen molar-refractivity contribution in [2.24, 2.45) is 0 Å². The maximum atomic E-state index is 14.9. The Balaban J connectivity index is 1.20. The monoisotopic (exact) mass is 512 g/mol. The zero-order valence-corrected chi connectivity index (χ0v) is 20.8. The maximum Gasteiger partial charge on any atom is 0.251 e. The zero-order chi connectivity index (χ0) is 26.3. The Morgan fingerprint density at radius 2 is 1.95 bits per heavy atom. The molecule has 1 aromatic carbocycles. The van der Waals surface area contributed by atoms with Crippen molar-refractivity contribution in [1.82, 2.24) is 25.5 Å². The molecule has 9 nitrogen and oxygen atoms in total. The third-order valence-corrected chi connectivity index (χ3v) is 6.83. The van der Waals surface area contributed by atoms with Gasteiger partial charge in [-0.2, -0.15) is 5.10 Å². The second kappa shape index (κ2) is 9.53. The second-order valence-corrected chi connectivity index (χ2v) is 9.71. The summed E-state index contributed by atoms with van der Waals surface area (Å²) in [5.74, 6) is 0.355. The van der Waals surface area contributed by atoms with Gasteiger partial charge in [-0.15, -0.1) is 5.10 Å². The van der Waals surface area contributed by atoms with Crippen molar-refractivity contribution < 1.29 is 18.7 Å². The molecule has 38 heavy (non-hydrogen) atoms. The van der Waals surface area contributed by atoms with Gasteiger partial charge in [-0.3, -0.25) is 14.5 Å². The number of alkyl halides is 1. The molecule has 2 aliphatic heterocycles. The topological polar surface area (TPSA) is 110 Å². The number of halogens is 1. The lowest BCUT2D eigenvalue weighted by molar-refractivity contribution is -0.117. The number of carbonyl (C=O) groups excluding carboxylic acids is 2. The number of benzene rings is 1. The van der Waals surface area contributed by atoms with E-state index in [1.54, 1.807) is 29.2 Å². The van der Waals surface area contributed by atoms with Crippen LogP contribution in [0.2, 0.25) is 0 Å². The average Bonchev–Trinajstić information content (AvgIpc) is 3.37. The molecule has 5 heterocycles. The van der Waals surface area contributed by atoms with Gasteiger partial charge >= 0.3 is 0 Å². The summed E-state index contributed by atoms with van der Waals surface area (Å²) in [5.41, 5.74) is 2.97. The lowest BCUT2D eigenvalue weighted by Gasteiger charge is -2.29. The fourth-order valence-electron chi connectivity index (χ4n) is 4.83. The highest BCUT2D eigenvalue weighted by Crippen LogP contribution is 2.34. The van der Waals surface area contributed by atoms with Crippen molar-refractivity contribution in [1.29, 1.82) is 0 Å². The quantitative estimate of drug-likeness (QED) is 0.432. The number of ether oxygens (including phenoxy) is 1. The van der Waals surface area contributed by atoms with Gasteiger partial charge in [0.25, 0.3) is 5.91 Å². The van der Waals surface area contributed by atoms with Crippen LogP contribution in [0.25, 0.3) is 22.4 Å². The molecule has 1 atom stereocenters. The molecule has 4 aromatic rings. The van der Waals surface area contributed by atoms with E-state index in [1.807, 2.05) is 30.3 Å². The summed E-state index contributed by atoms with van der Waals surface area (Å²) >= 11 is 0. The van der Waals surface area contributed by atoms with Crippen LogP contribution in [0, 0.1) is 0 Å². The number of hydrogen-bond donors (Lipinski definition) is 1. The fraction of sp³-hybridized carbons (Fsp3) is 0.286. The predicted octanol–water partition coefficient (Wildman–Crippen LogP) is 3.86. The number of pyridine rings is 2. The third kappa shape index (κ3) is 4.58. The van der Waals surface area contributed by atoms with Gasteiger partial charge in [0.05, 0.1) is 42.4 Å². The van der Waals surface area contributed by atoms with Crippen molar-refractivity contribution in [3.05, 3.63) is 77.0 Å². The Hall–Kier alpha value is -4.31. The van der Waals surface area contributed by atoms with E-state index in [4.69, 9.17) is 9.72 Å². The molecular weight excluding hydrogens is 487 g/mol. The number of carbonyl (C=O) groups is 2. The van der Waals surface area contributed by atoms with E-state index < -0.39 is 5.67 Å². The van der Waals surface area contributed by atoms with E-state index in [-0.39, 0.29) is 25.0 Å². The number of nitrogens with zero attached hydrogens (tertiary/aromatic N) is 5. The van der Waals surface area contributed by atoms with E-state index in [2.05, 4.69) is 20.5 Å². The number of aromatic nitrogens is 4. The Labute approximate surface area is 218 Å². The van der Waals surface area contributed by atoms with Gasteiger partial charge in [0.2, 0.25) is 5.91 Å². The summed E-state index contributed by atoms with van der Waals surface area (Å²) in [5, 5.41) is 11.3. The zero-order valence-electron chi connectivity index (χ0n) is 20.8. The summed E-state index contributed by atoms with van der Waals surface area (Å²) in [7, 11) is 0. The number of amides is 2. The largest absolute Gasteiger partial charge is 0.373 e. The fourth-order valence-corrected chi connectivity index (χ4v) is 4.83. The summed E-state index contributed by atoms with van der Waals surface area (Å²) in [4.78, 5) is 36.0. The third-order valence-electron chi connectivity index (χ3n) is 6.83. The van der Waals surface area contributed by atoms with Gasteiger partial charge in [-0.25, -0.2) is 14.4 Å². The lowest BCUT2D eigenvalue weighted by atomic mass is 9.90. The molecule has 2 amide bonds. The number of rotatable bonds is 5. The van der Waals surface area contributed by atoms with Gasteiger partial charge in [-0.05, 0) is 66.9 Å². The molecule has 0 radical (unpaired) electrons. The molecule has 0 bridgehead atoms.